The molecule has 176 valence electrons. The number of nitrogens with one attached hydrogen (secondary N) is 2. The Hall–Kier alpha value is -2.45. The highest BCUT2D eigenvalue weighted by atomic mass is 35.5. The molecule has 0 unspecified atom stereocenters. The van der Waals surface area contributed by atoms with Gasteiger partial charge in [-0.15, -0.1) is 0 Å². The highest BCUT2D eigenvalue weighted by Crippen LogP contribution is 2.34. The Morgan fingerprint density at radius 3 is 2.41 bits per heavy atom. The van der Waals surface area contributed by atoms with Crippen LogP contribution in [0.25, 0.3) is 0 Å². The number of aromatic amines is 1. The molecule has 2 aromatic rings. The van der Waals surface area contributed by atoms with E-state index in [0.29, 0.717) is 22.7 Å². The maximum atomic E-state index is 13.0. The summed E-state index contributed by atoms with van der Waals surface area (Å²) in [5.41, 5.74) is 1.99. The van der Waals surface area contributed by atoms with Crippen LogP contribution in [0.5, 0.6) is 5.88 Å². The van der Waals surface area contributed by atoms with Crippen molar-refractivity contribution in [2.24, 2.45) is 7.05 Å². The number of carbonyl (C=O) groups excluding carboxylic acids is 1. The van der Waals surface area contributed by atoms with E-state index in [1.807, 2.05) is 13.0 Å². The predicted molar refractivity (Wildman–Crippen MR) is 128 cm³/mol. The quantitative estimate of drug-likeness (QED) is 0.586. The van der Waals surface area contributed by atoms with Crippen LogP contribution >= 0.6 is 11.6 Å². The average Bonchev–Trinajstić information content (AvgIpc) is 3.00. The lowest BCUT2D eigenvalue weighted by Gasteiger charge is -2.40. The van der Waals surface area contributed by atoms with Crippen LogP contribution in [0.15, 0.2) is 16.9 Å². The van der Waals surface area contributed by atoms with E-state index >= 15 is 0 Å². The molecule has 0 saturated heterocycles. The van der Waals surface area contributed by atoms with Gasteiger partial charge in [-0.05, 0) is 71.3 Å². The number of anilines is 1. The van der Waals surface area contributed by atoms with Gasteiger partial charge in [0.1, 0.15) is 0 Å². The minimum Gasteiger partial charge on any atom is -0.493 e. The second-order valence-corrected chi connectivity index (χ2v) is 9.23. The number of benzene rings is 1. The first kappa shape index (κ1) is 24.2. The van der Waals surface area contributed by atoms with Gasteiger partial charge in [-0.2, -0.15) is 0 Å². The molecule has 3 N–H and O–H groups in total. The van der Waals surface area contributed by atoms with E-state index in [4.69, 9.17) is 11.6 Å². The first-order valence-electron chi connectivity index (χ1n) is 11.1. The molecule has 0 atom stereocenters. The fourth-order valence-electron chi connectivity index (χ4n) is 4.71. The zero-order valence-electron chi connectivity index (χ0n) is 19.5. The maximum absolute atomic E-state index is 13.0. The van der Waals surface area contributed by atoms with Gasteiger partial charge in [-0.1, -0.05) is 11.6 Å². The van der Waals surface area contributed by atoms with Gasteiger partial charge in [0.2, 0.25) is 5.88 Å². The van der Waals surface area contributed by atoms with Crippen molar-refractivity contribution >= 4 is 23.2 Å². The fourth-order valence-corrected chi connectivity index (χ4v) is 4.92. The molecule has 0 bridgehead atoms. The molecular weight excluding hydrogens is 430 g/mol. The van der Waals surface area contributed by atoms with Gasteiger partial charge >= 0.3 is 0 Å². The molecule has 0 aliphatic heterocycles. The Kier molecular flexibility index (Phi) is 7.56. The summed E-state index contributed by atoms with van der Waals surface area (Å²) >= 11 is 6.43. The molecule has 0 spiro atoms. The molecule has 1 aliphatic carbocycles. The molecule has 8 nitrogen and oxygen atoms in total. The van der Waals surface area contributed by atoms with Crippen molar-refractivity contribution < 1.29 is 9.90 Å². The molecule has 0 radical (unpaired) electrons. The van der Waals surface area contributed by atoms with Gasteiger partial charge in [-0.25, -0.2) is 0 Å². The largest absolute Gasteiger partial charge is 0.493 e. The lowest BCUT2D eigenvalue weighted by molar-refractivity contribution is 0.0950. The lowest BCUT2D eigenvalue weighted by Crippen LogP contribution is -2.42. The van der Waals surface area contributed by atoms with Gasteiger partial charge in [0.15, 0.2) is 0 Å². The second kappa shape index (κ2) is 10.0. The SMILES string of the molecule is CCN(c1cc(Cl)cc(C(=O)NCc2c(O)n(C)[nH]c2=O)c1C)C1CCC(N(C)C)CC1. The monoisotopic (exact) mass is 463 g/mol. The van der Waals surface area contributed by atoms with Crippen LogP contribution < -0.4 is 15.8 Å². The first-order chi connectivity index (χ1) is 15.1. The summed E-state index contributed by atoms with van der Waals surface area (Å²) in [6.07, 6.45) is 4.49. The number of nitrogens with zero attached hydrogens (tertiary/aromatic N) is 3. The van der Waals surface area contributed by atoms with Gasteiger partial charge in [0, 0.05) is 41.9 Å². The molecule has 32 heavy (non-hydrogen) atoms. The van der Waals surface area contributed by atoms with Gasteiger partial charge in [0.25, 0.3) is 11.5 Å². The Labute approximate surface area is 194 Å². The van der Waals surface area contributed by atoms with E-state index in [2.05, 4.69) is 41.2 Å². The zero-order valence-corrected chi connectivity index (χ0v) is 20.3. The third kappa shape index (κ3) is 4.96. The number of hydrogen-bond acceptors (Lipinski definition) is 5. The number of halogens is 1. The number of aromatic nitrogens is 2. The summed E-state index contributed by atoms with van der Waals surface area (Å²) in [6, 6.07) is 4.61. The van der Waals surface area contributed by atoms with Crippen LogP contribution in [0.2, 0.25) is 5.02 Å². The normalized spacial score (nSPS) is 18.7. The number of hydrogen-bond donors (Lipinski definition) is 3. The maximum Gasteiger partial charge on any atom is 0.273 e. The number of aryl methyl sites for hydroxylation is 1. The number of carbonyl (C=O) groups is 1. The summed E-state index contributed by atoms with van der Waals surface area (Å²) in [4.78, 5) is 29.6. The number of aromatic hydroxyl groups is 1. The predicted octanol–water partition coefficient (Wildman–Crippen LogP) is 3.01. The van der Waals surface area contributed by atoms with Crippen molar-refractivity contribution in [2.75, 3.05) is 25.5 Å². The molecule has 1 amide bonds. The summed E-state index contributed by atoms with van der Waals surface area (Å²) < 4.78 is 1.22. The topological polar surface area (TPSA) is 93.6 Å². The molecule has 1 aliphatic rings. The lowest BCUT2D eigenvalue weighted by atomic mass is 9.89. The Bertz CT molecular complexity index is 1020. The van der Waals surface area contributed by atoms with Crippen molar-refractivity contribution in [3.05, 3.63) is 44.2 Å². The standard InChI is InChI=1S/C23H34ClN5O3/c1-6-29(17-9-7-16(8-10-17)27(3)4)20-12-15(24)11-18(14(20)2)21(30)25-13-19-22(31)26-28(5)23(19)32/h11-12,16-17,32H,6-10,13H2,1-5H3,(H,25,30)(H,26,31). The number of amides is 1. The Morgan fingerprint density at radius 2 is 1.88 bits per heavy atom. The van der Waals surface area contributed by atoms with Crippen LogP contribution in [-0.2, 0) is 13.6 Å². The van der Waals surface area contributed by atoms with Gasteiger partial charge < -0.3 is 20.2 Å². The molecule has 1 aromatic heterocycles. The van der Waals surface area contributed by atoms with Gasteiger partial charge in [0.05, 0.1) is 12.1 Å². The zero-order chi connectivity index (χ0) is 23.6. The Morgan fingerprint density at radius 1 is 1.25 bits per heavy atom. The molecule has 1 saturated carbocycles. The van der Waals surface area contributed by atoms with Crippen LogP contribution in [0.1, 0.15) is 54.1 Å². The molecular formula is C23H34ClN5O3. The van der Waals surface area contributed by atoms with E-state index in [1.165, 1.54) is 11.7 Å². The third-order valence-corrected chi connectivity index (χ3v) is 6.85. The summed E-state index contributed by atoms with van der Waals surface area (Å²) in [6.45, 7) is 4.81. The summed E-state index contributed by atoms with van der Waals surface area (Å²) in [5.74, 6) is -0.523. The van der Waals surface area contributed by atoms with Crippen LogP contribution in [0.4, 0.5) is 5.69 Å². The smallest absolute Gasteiger partial charge is 0.273 e. The van der Waals surface area contributed by atoms with Crippen molar-refractivity contribution in [1.82, 2.24) is 20.0 Å². The summed E-state index contributed by atoms with van der Waals surface area (Å²) in [5, 5.41) is 15.7. The van der Waals surface area contributed by atoms with Crippen LogP contribution in [0, 0.1) is 6.92 Å². The number of rotatable bonds is 7. The van der Waals surface area contributed by atoms with E-state index in [1.54, 1.807) is 6.07 Å². The minimum atomic E-state index is -0.431. The molecule has 1 heterocycles. The summed E-state index contributed by atoms with van der Waals surface area (Å²) in [7, 11) is 5.80. The van der Waals surface area contributed by atoms with Crippen LogP contribution in [0.3, 0.4) is 0 Å². The van der Waals surface area contributed by atoms with Crippen LogP contribution in [-0.4, -0.2) is 58.4 Å². The molecule has 3 rings (SSSR count). The highest BCUT2D eigenvalue weighted by Gasteiger charge is 2.28. The van der Waals surface area contributed by atoms with Crippen molar-refractivity contribution in [3.8, 4) is 5.88 Å². The number of H-pyrrole nitrogens is 1. The first-order valence-corrected chi connectivity index (χ1v) is 11.5. The average molecular weight is 464 g/mol. The minimum absolute atomic E-state index is 0.0752. The molecule has 9 heteroatoms. The van der Waals surface area contributed by atoms with E-state index in [-0.39, 0.29) is 23.9 Å². The van der Waals surface area contributed by atoms with Crippen molar-refractivity contribution in [2.45, 2.75) is 58.2 Å². The Balaban J connectivity index is 1.81. The van der Waals surface area contributed by atoms with E-state index in [0.717, 1.165) is 43.5 Å². The van der Waals surface area contributed by atoms with E-state index < -0.39 is 5.56 Å². The third-order valence-electron chi connectivity index (χ3n) is 6.63. The highest BCUT2D eigenvalue weighted by molar-refractivity contribution is 6.31. The van der Waals surface area contributed by atoms with Crippen molar-refractivity contribution in [3.63, 3.8) is 0 Å². The van der Waals surface area contributed by atoms with Gasteiger partial charge in [-0.3, -0.25) is 19.4 Å². The molecule has 1 aromatic carbocycles. The second-order valence-electron chi connectivity index (χ2n) is 8.79. The molecule has 1 fully saturated rings. The van der Waals surface area contributed by atoms with E-state index in [9.17, 15) is 14.7 Å². The fraction of sp³-hybridized carbons (Fsp3) is 0.565. The van der Waals surface area contributed by atoms with Crippen molar-refractivity contribution in [1.29, 1.82) is 0 Å².